The lowest BCUT2D eigenvalue weighted by Gasteiger charge is -2.18. The van der Waals surface area contributed by atoms with Gasteiger partial charge in [-0.25, -0.2) is 0 Å². The Balaban J connectivity index is 2.14. The molecule has 1 aliphatic heterocycles. The minimum Gasteiger partial charge on any atom is -0.292 e. The molecule has 0 radical (unpaired) electrons. The number of fused-ring (bicyclic) bond motifs is 2. The molecule has 1 nitrogen and oxygen atoms in total. The van der Waals surface area contributed by atoms with Gasteiger partial charge >= 0.3 is 0 Å². The van der Waals surface area contributed by atoms with Crippen LogP contribution in [-0.2, 0) is 6.42 Å². The first kappa shape index (κ1) is 7.07. The minimum atomic E-state index is 0.662. The van der Waals surface area contributed by atoms with Gasteiger partial charge in [0, 0.05) is 18.7 Å². The summed E-state index contributed by atoms with van der Waals surface area (Å²) in [7, 11) is 0. The molecular weight excluding hydrogens is 158 g/mol. The van der Waals surface area contributed by atoms with Gasteiger partial charge < -0.3 is 0 Å². The van der Waals surface area contributed by atoms with Crippen LogP contribution in [0.3, 0.4) is 0 Å². The van der Waals surface area contributed by atoms with E-state index in [9.17, 15) is 0 Å². The van der Waals surface area contributed by atoms with Crippen molar-refractivity contribution in [2.24, 2.45) is 10.9 Å². The molecule has 0 saturated carbocycles. The molecule has 3 rings (SSSR count). The van der Waals surface area contributed by atoms with E-state index in [0.29, 0.717) is 5.92 Å². The van der Waals surface area contributed by atoms with Crippen molar-refractivity contribution in [3.63, 3.8) is 0 Å². The second-order valence-corrected chi connectivity index (χ2v) is 3.74. The van der Waals surface area contributed by atoms with Crippen molar-refractivity contribution in [2.75, 3.05) is 6.54 Å². The number of rotatable bonds is 0. The zero-order valence-corrected chi connectivity index (χ0v) is 7.40. The minimum absolute atomic E-state index is 0.662. The van der Waals surface area contributed by atoms with Crippen LogP contribution in [0.4, 0.5) is 0 Å². The summed E-state index contributed by atoms with van der Waals surface area (Å²) >= 11 is 0. The summed E-state index contributed by atoms with van der Waals surface area (Å²) < 4.78 is 0. The van der Waals surface area contributed by atoms with Crippen molar-refractivity contribution in [1.29, 1.82) is 0 Å². The lowest BCUT2D eigenvalue weighted by molar-refractivity contribution is 0.664. The first-order chi connectivity index (χ1) is 6.43. The lowest BCUT2D eigenvalue weighted by atomic mass is 9.85. The van der Waals surface area contributed by atoms with E-state index in [1.54, 1.807) is 0 Å². The molecule has 13 heavy (non-hydrogen) atoms. The fourth-order valence-corrected chi connectivity index (χ4v) is 2.14. The number of nitrogens with zero attached hydrogens (tertiary/aromatic N) is 1. The molecule has 2 aliphatic rings. The fraction of sp³-hybridized carbons (Fsp3) is 0.250. The quantitative estimate of drug-likeness (QED) is 0.565. The smallest absolute Gasteiger partial charge is 0.0461 e. The average molecular weight is 169 g/mol. The molecule has 0 spiro atoms. The van der Waals surface area contributed by atoms with Gasteiger partial charge in [-0.05, 0) is 29.2 Å². The number of hydrogen-bond donors (Lipinski definition) is 0. The molecule has 1 aliphatic carbocycles. The van der Waals surface area contributed by atoms with Crippen LogP contribution in [0.5, 0.6) is 0 Å². The van der Waals surface area contributed by atoms with Crippen LogP contribution in [0.1, 0.15) is 11.1 Å². The Morgan fingerprint density at radius 2 is 2.15 bits per heavy atom. The topological polar surface area (TPSA) is 12.4 Å². The highest BCUT2D eigenvalue weighted by Crippen LogP contribution is 2.30. The Kier molecular flexibility index (Phi) is 1.39. The predicted octanol–water partition coefficient (Wildman–Crippen LogP) is 2.33. The van der Waals surface area contributed by atoms with Gasteiger partial charge in [0.15, 0.2) is 0 Å². The SMILES string of the molecule is C1=NCC2Cc3ccccc3C=C12. The molecule has 1 aromatic carbocycles. The molecule has 0 N–H and O–H groups in total. The van der Waals surface area contributed by atoms with Gasteiger partial charge in [-0.3, -0.25) is 4.99 Å². The molecule has 1 atom stereocenters. The zero-order chi connectivity index (χ0) is 8.67. The summed E-state index contributed by atoms with van der Waals surface area (Å²) in [6.45, 7) is 0.986. The van der Waals surface area contributed by atoms with Crippen molar-refractivity contribution in [1.82, 2.24) is 0 Å². The maximum atomic E-state index is 4.32. The van der Waals surface area contributed by atoms with E-state index in [2.05, 4.69) is 35.3 Å². The number of hydrogen-bond acceptors (Lipinski definition) is 1. The molecule has 0 saturated heterocycles. The molecule has 1 heteroatoms. The lowest BCUT2D eigenvalue weighted by Crippen LogP contribution is -2.12. The molecule has 0 aromatic heterocycles. The Morgan fingerprint density at radius 1 is 1.23 bits per heavy atom. The van der Waals surface area contributed by atoms with E-state index in [1.807, 2.05) is 6.21 Å². The normalized spacial score (nSPS) is 23.7. The summed E-state index contributed by atoms with van der Waals surface area (Å²) in [6, 6.07) is 8.63. The van der Waals surface area contributed by atoms with Crippen LogP contribution in [0.2, 0.25) is 0 Å². The van der Waals surface area contributed by atoms with Crippen LogP contribution < -0.4 is 0 Å². The third kappa shape index (κ3) is 1.04. The van der Waals surface area contributed by atoms with Crippen LogP contribution in [0.15, 0.2) is 34.8 Å². The molecule has 1 heterocycles. The Morgan fingerprint density at radius 3 is 3.15 bits per heavy atom. The molecular formula is C12H11N. The van der Waals surface area contributed by atoms with Crippen molar-refractivity contribution in [3.05, 3.63) is 41.0 Å². The van der Waals surface area contributed by atoms with E-state index in [4.69, 9.17) is 0 Å². The maximum absolute atomic E-state index is 4.32. The van der Waals surface area contributed by atoms with Crippen LogP contribution in [0, 0.1) is 5.92 Å². The summed E-state index contributed by atoms with van der Waals surface area (Å²) in [4.78, 5) is 4.32. The molecule has 1 aromatic rings. The van der Waals surface area contributed by atoms with E-state index >= 15 is 0 Å². The molecule has 0 fully saturated rings. The Labute approximate surface area is 77.8 Å². The van der Waals surface area contributed by atoms with Crippen LogP contribution in [0.25, 0.3) is 6.08 Å². The Hall–Kier alpha value is -1.37. The molecule has 64 valence electrons. The third-order valence-electron chi connectivity index (χ3n) is 2.88. The molecule has 0 bridgehead atoms. The highest BCUT2D eigenvalue weighted by molar-refractivity contribution is 5.89. The average Bonchev–Trinajstić information content (AvgIpc) is 2.61. The predicted molar refractivity (Wildman–Crippen MR) is 55.0 cm³/mol. The van der Waals surface area contributed by atoms with Crippen molar-refractivity contribution in [2.45, 2.75) is 6.42 Å². The van der Waals surface area contributed by atoms with Gasteiger partial charge in [0.2, 0.25) is 0 Å². The maximum Gasteiger partial charge on any atom is 0.0461 e. The van der Waals surface area contributed by atoms with Gasteiger partial charge in [-0.15, -0.1) is 0 Å². The fourth-order valence-electron chi connectivity index (χ4n) is 2.14. The van der Waals surface area contributed by atoms with Crippen LogP contribution >= 0.6 is 0 Å². The molecule has 0 amide bonds. The first-order valence-electron chi connectivity index (χ1n) is 4.73. The summed E-state index contributed by atoms with van der Waals surface area (Å²) in [5, 5.41) is 0. The standard InChI is InChI=1S/C12H11N/c1-2-4-10-6-12-8-13-7-11(12)5-9(10)3-1/h1-5,7,12H,6,8H2. The van der Waals surface area contributed by atoms with Crippen molar-refractivity contribution < 1.29 is 0 Å². The van der Waals surface area contributed by atoms with Gasteiger partial charge in [0.05, 0.1) is 0 Å². The van der Waals surface area contributed by atoms with Crippen molar-refractivity contribution >= 4 is 12.3 Å². The summed E-state index contributed by atoms with van der Waals surface area (Å²) in [5.41, 5.74) is 4.27. The van der Waals surface area contributed by atoms with Crippen LogP contribution in [-0.4, -0.2) is 12.8 Å². The van der Waals surface area contributed by atoms with Gasteiger partial charge in [-0.1, -0.05) is 24.3 Å². The second-order valence-electron chi connectivity index (χ2n) is 3.74. The van der Waals surface area contributed by atoms with Gasteiger partial charge in [-0.2, -0.15) is 0 Å². The molecule has 1 unspecified atom stereocenters. The van der Waals surface area contributed by atoms with Crippen molar-refractivity contribution in [3.8, 4) is 0 Å². The highest BCUT2D eigenvalue weighted by Gasteiger charge is 2.22. The van der Waals surface area contributed by atoms with Gasteiger partial charge in [0.1, 0.15) is 0 Å². The first-order valence-corrected chi connectivity index (χ1v) is 4.73. The van der Waals surface area contributed by atoms with E-state index < -0.39 is 0 Å². The second kappa shape index (κ2) is 2.56. The largest absolute Gasteiger partial charge is 0.292 e. The highest BCUT2D eigenvalue weighted by atomic mass is 14.8. The van der Waals surface area contributed by atoms with E-state index in [1.165, 1.54) is 23.1 Å². The number of aliphatic imine (C=N–C) groups is 1. The van der Waals surface area contributed by atoms with E-state index in [0.717, 1.165) is 6.54 Å². The zero-order valence-electron chi connectivity index (χ0n) is 7.40. The monoisotopic (exact) mass is 169 g/mol. The third-order valence-corrected chi connectivity index (χ3v) is 2.88. The summed E-state index contributed by atoms with van der Waals surface area (Å²) in [6.07, 6.45) is 5.47. The summed E-state index contributed by atoms with van der Waals surface area (Å²) in [5.74, 6) is 0.662. The van der Waals surface area contributed by atoms with E-state index in [-0.39, 0.29) is 0 Å². The van der Waals surface area contributed by atoms with Gasteiger partial charge in [0.25, 0.3) is 0 Å². The number of benzene rings is 1. The Bertz CT molecular complexity index is 401.